The van der Waals surface area contributed by atoms with E-state index in [1.807, 2.05) is 12.1 Å². The Hall–Kier alpha value is -4.15. The number of thioether (sulfide) groups is 1. The summed E-state index contributed by atoms with van der Waals surface area (Å²) in [5.41, 5.74) is 2.28. The van der Waals surface area contributed by atoms with Crippen LogP contribution in [0.1, 0.15) is 39.6 Å². The van der Waals surface area contributed by atoms with Crippen LogP contribution in [0.3, 0.4) is 0 Å². The largest absolute Gasteiger partial charge is 0.478 e. The number of nitrogens with zero attached hydrogens (tertiary/aromatic N) is 2. The fourth-order valence-electron chi connectivity index (χ4n) is 3.72. The van der Waals surface area contributed by atoms with Gasteiger partial charge in [0.25, 0.3) is 0 Å². The molecule has 0 bridgehead atoms. The number of halogens is 1. The van der Waals surface area contributed by atoms with E-state index in [-0.39, 0.29) is 31.0 Å². The lowest BCUT2D eigenvalue weighted by Gasteiger charge is -2.17. The average molecular weight is 566 g/mol. The predicted molar refractivity (Wildman–Crippen MR) is 150 cm³/mol. The molecule has 0 saturated carbocycles. The first-order valence-electron chi connectivity index (χ1n) is 11.9. The summed E-state index contributed by atoms with van der Waals surface area (Å²) in [6.07, 6.45) is -0.109. The number of carbonyl (C=O) groups is 4. The summed E-state index contributed by atoms with van der Waals surface area (Å²) in [5.74, 6) is -2.16. The number of aliphatic imine (C=N–C) groups is 1. The maximum absolute atomic E-state index is 13.4. The van der Waals surface area contributed by atoms with E-state index in [1.54, 1.807) is 43.3 Å². The second kappa shape index (κ2) is 12.6. The lowest BCUT2D eigenvalue weighted by molar-refractivity contribution is -0.128. The number of hydrogen-bond acceptors (Lipinski definition) is 7. The van der Waals surface area contributed by atoms with E-state index in [1.165, 1.54) is 40.9 Å². The fraction of sp³-hybridized carbons (Fsp3) is 0.179. The quantitative estimate of drug-likeness (QED) is 0.334. The van der Waals surface area contributed by atoms with Gasteiger partial charge in [-0.3, -0.25) is 14.5 Å². The number of amides is 2. The van der Waals surface area contributed by atoms with Gasteiger partial charge in [-0.05, 0) is 73.2 Å². The van der Waals surface area contributed by atoms with Gasteiger partial charge in [0.05, 0.1) is 30.0 Å². The van der Waals surface area contributed by atoms with E-state index in [9.17, 15) is 19.2 Å². The molecular weight excluding hydrogens is 542 g/mol. The van der Waals surface area contributed by atoms with Gasteiger partial charge in [0.15, 0.2) is 5.17 Å². The van der Waals surface area contributed by atoms with Crippen LogP contribution in [0, 0.1) is 0 Å². The van der Waals surface area contributed by atoms with Crippen molar-refractivity contribution in [3.05, 3.63) is 94.5 Å². The molecule has 1 aliphatic rings. The zero-order chi connectivity index (χ0) is 27.9. The Morgan fingerprint density at radius 2 is 1.64 bits per heavy atom. The van der Waals surface area contributed by atoms with E-state index in [4.69, 9.17) is 21.4 Å². The molecule has 4 rings (SSSR count). The van der Waals surface area contributed by atoms with Crippen molar-refractivity contribution in [3.8, 4) is 0 Å². The molecule has 1 saturated heterocycles. The first-order chi connectivity index (χ1) is 18.7. The molecule has 0 spiro atoms. The Morgan fingerprint density at radius 1 is 1.00 bits per heavy atom. The van der Waals surface area contributed by atoms with Crippen molar-refractivity contribution in [2.24, 2.45) is 4.99 Å². The van der Waals surface area contributed by atoms with E-state index in [0.717, 1.165) is 5.56 Å². The summed E-state index contributed by atoms with van der Waals surface area (Å²) in [5, 5.41) is 12.0. The third kappa shape index (κ3) is 7.24. The molecule has 2 amide bonds. The molecule has 11 heteroatoms. The van der Waals surface area contributed by atoms with Crippen molar-refractivity contribution in [2.75, 3.05) is 11.9 Å². The summed E-state index contributed by atoms with van der Waals surface area (Å²) < 4.78 is 5.01. The van der Waals surface area contributed by atoms with Crippen LogP contribution >= 0.6 is 23.4 Å². The van der Waals surface area contributed by atoms with Gasteiger partial charge in [0.1, 0.15) is 5.25 Å². The van der Waals surface area contributed by atoms with Crippen LogP contribution in [0.25, 0.3) is 0 Å². The van der Waals surface area contributed by atoms with E-state index < -0.39 is 23.1 Å². The number of anilines is 1. The first-order valence-corrected chi connectivity index (χ1v) is 13.2. The molecule has 1 heterocycles. The number of carboxylic acids is 1. The van der Waals surface area contributed by atoms with Gasteiger partial charge in [0, 0.05) is 17.1 Å². The molecule has 0 unspecified atom stereocenters. The van der Waals surface area contributed by atoms with Crippen molar-refractivity contribution in [3.63, 3.8) is 0 Å². The molecule has 3 aromatic rings. The van der Waals surface area contributed by atoms with Crippen molar-refractivity contribution < 1.29 is 29.0 Å². The van der Waals surface area contributed by atoms with Crippen LogP contribution in [-0.4, -0.2) is 50.8 Å². The second-order valence-corrected chi connectivity index (χ2v) is 10.1. The van der Waals surface area contributed by atoms with E-state index in [0.29, 0.717) is 27.1 Å². The molecule has 200 valence electrons. The minimum Gasteiger partial charge on any atom is -0.478 e. The summed E-state index contributed by atoms with van der Waals surface area (Å²) in [6.45, 7) is 2.23. The van der Waals surface area contributed by atoms with Gasteiger partial charge in [-0.25, -0.2) is 14.6 Å². The van der Waals surface area contributed by atoms with Gasteiger partial charge in [0.2, 0.25) is 11.8 Å². The lowest BCUT2D eigenvalue weighted by atomic mass is 10.2. The summed E-state index contributed by atoms with van der Waals surface area (Å²) in [6, 6.07) is 19.4. The standard InChI is InChI=1S/C28H24ClN3O6S/c1-2-38-27(37)19-7-13-22(14-8-19)31-28-32(16-17-3-9-20(29)10-4-17)25(34)23(39-28)15-24(33)30-21-11-5-18(6-12-21)26(35)36/h3-14,23H,2,15-16H2,1H3,(H,30,33)(H,35,36)/t23-/m0/s1. The van der Waals surface area contributed by atoms with Gasteiger partial charge in [-0.15, -0.1) is 0 Å². The van der Waals surface area contributed by atoms with Crippen LogP contribution in [0.4, 0.5) is 11.4 Å². The Bertz CT molecular complexity index is 1410. The number of carboxylic acid groups (broad SMARTS) is 1. The van der Waals surface area contributed by atoms with Crippen LogP contribution in [0.15, 0.2) is 77.8 Å². The Kier molecular flexibility index (Phi) is 9.00. The smallest absolute Gasteiger partial charge is 0.338 e. The number of amidine groups is 1. The highest BCUT2D eigenvalue weighted by Crippen LogP contribution is 2.33. The third-order valence-electron chi connectivity index (χ3n) is 5.66. The minimum absolute atomic E-state index is 0.100. The zero-order valence-electron chi connectivity index (χ0n) is 20.8. The normalized spacial score (nSPS) is 15.8. The van der Waals surface area contributed by atoms with Crippen molar-refractivity contribution in [1.82, 2.24) is 4.90 Å². The van der Waals surface area contributed by atoms with Gasteiger partial charge < -0.3 is 15.2 Å². The van der Waals surface area contributed by atoms with Crippen molar-refractivity contribution >= 4 is 63.7 Å². The molecule has 1 aliphatic heterocycles. The first kappa shape index (κ1) is 27.9. The highest BCUT2D eigenvalue weighted by Gasteiger charge is 2.39. The molecular formula is C28H24ClN3O6S. The number of aromatic carboxylic acids is 1. The summed E-state index contributed by atoms with van der Waals surface area (Å²) >= 11 is 7.18. The molecule has 0 aliphatic carbocycles. The number of carbonyl (C=O) groups excluding carboxylic acids is 3. The zero-order valence-corrected chi connectivity index (χ0v) is 22.4. The topological polar surface area (TPSA) is 125 Å². The second-order valence-electron chi connectivity index (χ2n) is 8.45. The maximum atomic E-state index is 13.4. The monoisotopic (exact) mass is 565 g/mol. The summed E-state index contributed by atoms with van der Waals surface area (Å²) in [4.78, 5) is 55.3. The predicted octanol–water partition coefficient (Wildman–Crippen LogP) is 5.38. The SMILES string of the molecule is CCOC(=O)c1ccc(N=C2S[C@@H](CC(=O)Nc3ccc(C(=O)O)cc3)C(=O)N2Cc2ccc(Cl)cc2)cc1. The van der Waals surface area contributed by atoms with E-state index >= 15 is 0 Å². The van der Waals surface area contributed by atoms with Crippen molar-refractivity contribution in [2.45, 2.75) is 25.1 Å². The number of rotatable bonds is 9. The van der Waals surface area contributed by atoms with Gasteiger partial charge >= 0.3 is 11.9 Å². The molecule has 9 nitrogen and oxygen atoms in total. The number of nitrogens with one attached hydrogen (secondary N) is 1. The Labute approximate surface area is 233 Å². The van der Waals surface area contributed by atoms with Crippen LogP contribution < -0.4 is 5.32 Å². The molecule has 0 radical (unpaired) electrons. The van der Waals surface area contributed by atoms with Crippen LogP contribution in [0.2, 0.25) is 5.02 Å². The molecule has 1 fully saturated rings. The van der Waals surface area contributed by atoms with Gasteiger partial charge in [-0.1, -0.05) is 35.5 Å². The maximum Gasteiger partial charge on any atom is 0.338 e. The Morgan fingerprint density at radius 3 is 2.26 bits per heavy atom. The van der Waals surface area contributed by atoms with Crippen molar-refractivity contribution in [1.29, 1.82) is 0 Å². The minimum atomic E-state index is -1.07. The molecule has 3 aromatic carbocycles. The number of esters is 1. The highest BCUT2D eigenvalue weighted by atomic mass is 35.5. The fourth-order valence-corrected chi connectivity index (χ4v) is 5.00. The molecule has 0 aromatic heterocycles. The number of ether oxygens (including phenoxy) is 1. The average Bonchev–Trinajstić information content (AvgIpc) is 3.19. The third-order valence-corrected chi connectivity index (χ3v) is 7.09. The summed E-state index contributed by atoms with van der Waals surface area (Å²) in [7, 11) is 0. The molecule has 39 heavy (non-hydrogen) atoms. The van der Waals surface area contributed by atoms with Crippen LogP contribution in [0.5, 0.6) is 0 Å². The number of hydrogen-bond donors (Lipinski definition) is 2. The molecule has 1 atom stereocenters. The highest BCUT2D eigenvalue weighted by molar-refractivity contribution is 8.15. The van der Waals surface area contributed by atoms with Gasteiger partial charge in [-0.2, -0.15) is 0 Å². The number of benzene rings is 3. The molecule has 2 N–H and O–H groups in total. The Balaban J connectivity index is 1.52. The lowest BCUT2D eigenvalue weighted by Crippen LogP contribution is -2.33. The van der Waals surface area contributed by atoms with E-state index in [2.05, 4.69) is 10.3 Å². The van der Waals surface area contributed by atoms with Crippen LogP contribution in [-0.2, 0) is 20.9 Å².